The number of pyridine rings is 1. The highest BCUT2D eigenvalue weighted by Gasteiger charge is 2.24. The van der Waals surface area contributed by atoms with E-state index in [1.54, 1.807) is 18.3 Å². The maximum Gasteiger partial charge on any atom is 0.303 e. The van der Waals surface area contributed by atoms with Crippen LogP contribution in [0.4, 0.5) is 0 Å². The molecule has 0 atom stereocenters. The molecule has 5 rings (SSSR count). The van der Waals surface area contributed by atoms with Gasteiger partial charge in [0.25, 0.3) is 0 Å². The zero-order chi connectivity index (χ0) is 25.1. The Balaban J connectivity index is 1.37. The standard InChI is InChI=1S/C29H28N4O3/c1-2-36-27-15-25(31-17-23(27)29-32-24-12-5-19(16-30)13-26(24)33-29)22-10-8-21(9-11-22)20-6-3-18(4-7-20)14-28(34)35/h5,8-13,15,17-18,20H,2-4,6-7,14H2,1H3,(H,32,33)(H,34,35). The number of nitrogens with zero attached hydrogens (tertiary/aromatic N) is 3. The van der Waals surface area contributed by atoms with E-state index in [0.717, 1.165) is 53.5 Å². The molecule has 1 aliphatic carbocycles. The van der Waals surface area contributed by atoms with Gasteiger partial charge in [0.2, 0.25) is 0 Å². The number of nitriles is 1. The first-order chi connectivity index (χ1) is 17.5. The highest BCUT2D eigenvalue weighted by atomic mass is 16.5. The topological polar surface area (TPSA) is 112 Å². The van der Waals surface area contributed by atoms with Crippen LogP contribution >= 0.6 is 0 Å². The summed E-state index contributed by atoms with van der Waals surface area (Å²) < 4.78 is 5.96. The van der Waals surface area contributed by atoms with E-state index in [2.05, 4.69) is 40.3 Å². The molecule has 36 heavy (non-hydrogen) atoms. The van der Waals surface area contributed by atoms with Crippen LogP contribution in [0.15, 0.2) is 54.7 Å². The Morgan fingerprint density at radius 2 is 1.92 bits per heavy atom. The lowest BCUT2D eigenvalue weighted by Gasteiger charge is -2.28. The first-order valence-electron chi connectivity index (χ1n) is 12.4. The van der Waals surface area contributed by atoms with Crippen molar-refractivity contribution < 1.29 is 14.6 Å². The van der Waals surface area contributed by atoms with E-state index in [0.29, 0.717) is 35.6 Å². The molecule has 2 heterocycles. The molecule has 4 aromatic rings. The van der Waals surface area contributed by atoms with E-state index in [-0.39, 0.29) is 6.42 Å². The SMILES string of the molecule is CCOc1cc(-c2ccc(C3CCC(CC(=O)O)CC3)cc2)ncc1-c1nc2ccc(C#N)cc2[nH]1. The smallest absolute Gasteiger partial charge is 0.303 e. The largest absolute Gasteiger partial charge is 0.493 e. The fraction of sp³-hybridized carbons (Fsp3) is 0.310. The molecule has 2 N–H and O–H groups in total. The molecule has 182 valence electrons. The summed E-state index contributed by atoms with van der Waals surface area (Å²) in [6.45, 7) is 2.46. The molecule has 0 radical (unpaired) electrons. The van der Waals surface area contributed by atoms with Gasteiger partial charge in [-0.15, -0.1) is 0 Å². The van der Waals surface area contributed by atoms with Crippen molar-refractivity contribution in [3.8, 4) is 34.5 Å². The van der Waals surface area contributed by atoms with Gasteiger partial charge in [0.1, 0.15) is 11.6 Å². The molecule has 0 spiro atoms. The number of nitrogens with one attached hydrogen (secondary N) is 1. The predicted molar refractivity (Wildman–Crippen MR) is 138 cm³/mol. The Hall–Kier alpha value is -4.18. The molecule has 0 unspecified atom stereocenters. The van der Waals surface area contributed by atoms with Crippen LogP contribution in [-0.2, 0) is 4.79 Å². The third kappa shape index (κ3) is 4.94. The molecular formula is C29H28N4O3. The van der Waals surface area contributed by atoms with E-state index in [1.165, 1.54) is 5.56 Å². The first kappa shape index (κ1) is 23.6. The minimum atomic E-state index is -0.693. The number of benzene rings is 2. The number of rotatable bonds is 7. The number of aliphatic carboxylic acids is 1. The summed E-state index contributed by atoms with van der Waals surface area (Å²) >= 11 is 0. The zero-order valence-corrected chi connectivity index (χ0v) is 20.2. The Labute approximate surface area is 209 Å². The molecule has 0 amide bonds. The van der Waals surface area contributed by atoms with E-state index >= 15 is 0 Å². The number of aromatic amines is 1. The second-order valence-electron chi connectivity index (χ2n) is 9.37. The fourth-order valence-corrected chi connectivity index (χ4v) is 5.13. The lowest BCUT2D eigenvalue weighted by molar-refractivity contribution is -0.138. The van der Waals surface area contributed by atoms with Crippen molar-refractivity contribution in [2.45, 2.75) is 44.9 Å². The van der Waals surface area contributed by atoms with E-state index in [1.807, 2.05) is 19.1 Å². The summed E-state index contributed by atoms with van der Waals surface area (Å²) in [5.74, 6) is 1.44. The minimum Gasteiger partial charge on any atom is -0.493 e. The highest BCUT2D eigenvalue weighted by molar-refractivity contribution is 5.82. The van der Waals surface area contributed by atoms with Crippen molar-refractivity contribution in [2.24, 2.45) is 5.92 Å². The second-order valence-corrected chi connectivity index (χ2v) is 9.37. The maximum atomic E-state index is 11.0. The average molecular weight is 481 g/mol. The van der Waals surface area contributed by atoms with Crippen molar-refractivity contribution in [1.29, 1.82) is 5.26 Å². The number of fused-ring (bicyclic) bond motifs is 1. The summed E-state index contributed by atoms with van der Waals surface area (Å²) in [5.41, 5.74) is 6.05. The Morgan fingerprint density at radius 1 is 1.14 bits per heavy atom. The first-order valence-corrected chi connectivity index (χ1v) is 12.4. The number of hydrogen-bond donors (Lipinski definition) is 2. The fourth-order valence-electron chi connectivity index (χ4n) is 5.13. The highest BCUT2D eigenvalue weighted by Crippen LogP contribution is 2.38. The van der Waals surface area contributed by atoms with Gasteiger partial charge >= 0.3 is 5.97 Å². The number of H-pyrrole nitrogens is 1. The lowest BCUT2D eigenvalue weighted by Crippen LogP contribution is -2.16. The number of carboxylic acids is 1. The summed E-state index contributed by atoms with van der Waals surface area (Å²) in [5, 5.41) is 18.2. The molecule has 2 aromatic heterocycles. The maximum absolute atomic E-state index is 11.0. The molecule has 0 saturated heterocycles. The van der Waals surface area contributed by atoms with Gasteiger partial charge in [-0.1, -0.05) is 24.3 Å². The number of hydrogen-bond acceptors (Lipinski definition) is 5. The van der Waals surface area contributed by atoms with Gasteiger partial charge in [0, 0.05) is 24.2 Å². The van der Waals surface area contributed by atoms with E-state index in [4.69, 9.17) is 14.8 Å². The Morgan fingerprint density at radius 3 is 2.61 bits per heavy atom. The quantitative estimate of drug-likeness (QED) is 0.320. The molecule has 1 saturated carbocycles. The Bertz CT molecular complexity index is 1430. The average Bonchev–Trinajstić information content (AvgIpc) is 3.32. The van der Waals surface area contributed by atoms with Gasteiger partial charge < -0.3 is 14.8 Å². The molecule has 1 fully saturated rings. The van der Waals surface area contributed by atoms with Gasteiger partial charge in [-0.3, -0.25) is 9.78 Å². The monoisotopic (exact) mass is 480 g/mol. The third-order valence-electron chi connectivity index (χ3n) is 7.02. The van der Waals surface area contributed by atoms with Crippen LogP contribution in [0.25, 0.3) is 33.7 Å². The Kier molecular flexibility index (Phi) is 6.68. The van der Waals surface area contributed by atoms with Crippen LogP contribution in [0, 0.1) is 17.2 Å². The zero-order valence-electron chi connectivity index (χ0n) is 20.2. The van der Waals surface area contributed by atoms with Crippen molar-refractivity contribution in [2.75, 3.05) is 6.61 Å². The molecule has 7 nitrogen and oxygen atoms in total. The number of imidazole rings is 1. The minimum absolute atomic E-state index is 0.282. The summed E-state index contributed by atoms with van der Waals surface area (Å²) in [4.78, 5) is 23.7. The molecule has 0 aliphatic heterocycles. The molecular weight excluding hydrogens is 452 g/mol. The number of ether oxygens (including phenoxy) is 1. The summed E-state index contributed by atoms with van der Waals surface area (Å²) in [6.07, 6.45) is 6.07. The molecule has 1 aliphatic rings. The normalized spacial score (nSPS) is 17.6. The lowest BCUT2D eigenvalue weighted by atomic mass is 9.77. The van der Waals surface area contributed by atoms with Crippen molar-refractivity contribution in [3.63, 3.8) is 0 Å². The summed E-state index contributed by atoms with van der Waals surface area (Å²) in [7, 11) is 0. The van der Waals surface area contributed by atoms with Crippen LogP contribution in [-0.4, -0.2) is 32.6 Å². The van der Waals surface area contributed by atoms with Gasteiger partial charge in [0.15, 0.2) is 0 Å². The van der Waals surface area contributed by atoms with Gasteiger partial charge in [0.05, 0.1) is 40.5 Å². The second kappa shape index (κ2) is 10.2. The molecule has 2 aromatic carbocycles. The number of carbonyl (C=O) groups is 1. The van der Waals surface area contributed by atoms with Gasteiger partial charge in [-0.25, -0.2) is 4.98 Å². The van der Waals surface area contributed by atoms with Crippen LogP contribution in [0.5, 0.6) is 5.75 Å². The van der Waals surface area contributed by atoms with Crippen LogP contribution in [0.1, 0.15) is 56.1 Å². The van der Waals surface area contributed by atoms with E-state index < -0.39 is 5.97 Å². The third-order valence-corrected chi connectivity index (χ3v) is 7.02. The van der Waals surface area contributed by atoms with Crippen molar-refractivity contribution in [1.82, 2.24) is 15.0 Å². The van der Waals surface area contributed by atoms with E-state index in [9.17, 15) is 10.1 Å². The van der Waals surface area contributed by atoms with Gasteiger partial charge in [-0.05, 0) is 68.2 Å². The predicted octanol–water partition coefficient (Wildman–Crippen LogP) is 6.31. The van der Waals surface area contributed by atoms with Crippen LogP contribution < -0.4 is 4.74 Å². The molecule has 7 heteroatoms. The summed E-state index contributed by atoms with van der Waals surface area (Å²) in [6, 6.07) is 18.0. The number of carboxylic acid groups (broad SMARTS) is 1. The van der Waals surface area contributed by atoms with Crippen LogP contribution in [0.2, 0.25) is 0 Å². The number of aromatic nitrogens is 3. The van der Waals surface area contributed by atoms with Crippen molar-refractivity contribution in [3.05, 3.63) is 65.9 Å². The van der Waals surface area contributed by atoms with Crippen molar-refractivity contribution >= 4 is 17.0 Å². The van der Waals surface area contributed by atoms with Gasteiger partial charge in [-0.2, -0.15) is 5.26 Å². The molecule has 0 bridgehead atoms. The van der Waals surface area contributed by atoms with Crippen LogP contribution in [0.3, 0.4) is 0 Å².